The molecular formula is C45H71O8P. The van der Waals surface area contributed by atoms with Gasteiger partial charge in [0.1, 0.15) is 6.61 Å². The molecular weight excluding hydrogens is 699 g/mol. The van der Waals surface area contributed by atoms with E-state index in [2.05, 4.69) is 103 Å². The van der Waals surface area contributed by atoms with Crippen LogP contribution in [0.3, 0.4) is 0 Å². The number of phosphoric acid groups is 1. The minimum absolute atomic E-state index is 0.114. The van der Waals surface area contributed by atoms with Gasteiger partial charge < -0.3 is 19.3 Å². The standard InChI is InChI=1S/C45H71O8P/c1-3-5-7-9-11-13-15-17-19-21-22-24-25-27-29-31-33-35-37-39-44(46)51-41-43(42-52-54(48,49)50)53-45(47)40-38-36-34-32-30-28-26-23-20-18-16-14-12-10-8-6-4-2/h11-14,17-20,22,24,26-29,32-35,43H,3-10,15-16,21,23,25,30-31,36-42H2,1-2H3,(H2,48,49,50)/b13-11-,14-12-,19-17-,20-18-,24-22-,28-26-,29-27-,34-32-,35-33-/t43-/m1/s1. The van der Waals surface area contributed by atoms with Crippen LogP contribution in [0.2, 0.25) is 0 Å². The molecule has 0 aromatic carbocycles. The van der Waals surface area contributed by atoms with Gasteiger partial charge in [-0.05, 0) is 89.9 Å². The number of phosphoric ester groups is 1. The molecule has 304 valence electrons. The summed E-state index contributed by atoms with van der Waals surface area (Å²) < 4.78 is 26.2. The van der Waals surface area contributed by atoms with Crippen LogP contribution in [-0.4, -0.2) is 41.0 Å². The zero-order valence-electron chi connectivity index (χ0n) is 33.3. The van der Waals surface area contributed by atoms with Gasteiger partial charge in [0.05, 0.1) is 6.61 Å². The van der Waals surface area contributed by atoms with Crippen LogP contribution in [0.4, 0.5) is 0 Å². The highest BCUT2D eigenvalue weighted by molar-refractivity contribution is 7.46. The Morgan fingerprint density at radius 2 is 0.852 bits per heavy atom. The minimum atomic E-state index is -4.79. The molecule has 0 aliphatic heterocycles. The van der Waals surface area contributed by atoms with Crippen LogP contribution < -0.4 is 0 Å². The normalized spacial score (nSPS) is 13.6. The largest absolute Gasteiger partial charge is 0.469 e. The predicted octanol–water partition coefficient (Wildman–Crippen LogP) is 12.4. The predicted molar refractivity (Wildman–Crippen MR) is 225 cm³/mol. The SMILES string of the molecule is CCCCC/C=C\C/C=C\C/C=C\C/C=C\C/C=C\CCC(=O)OC[C@H](COP(=O)(O)O)OC(=O)CCC/C=C\C/C=C\C/C=C\C/C=C\CCCCC. The van der Waals surface area contributed by atoms with Crippen molar-refractivity contribution in [3.8, 4) is 0 Å². The van der Waals surface area contributed by atoms with Crippen LogP contribution in [0.25, 0.3) is 0 Å². The maximum absolute atomic E-state index is 12.4. The summed E-state index contributed by atoms with van der Waals surface area (Å²) in [4.78, 5) is 42.7. The third-order valence-electron chi connectivity index (χ3n) is 7.78. The van der Waals surface area contributed by atoms with Crippen molar-refractivity contribution in [2.75, 3.05) is 13.2 Å². The van der Waals surface area contributed by atoms with Crippen molar-refractivity contribution >= 4 is 19.8 Å². The first-order valence-corrected chi connectivity index (χ1v) is 21.7. The van der Waals surface area contributed by atoms with Crippen LogP contribution in [0.5, 0.6) is 0 Å². The molecule has 0 saturated heterocycles. The average molecular weight is 771 g/mol. The van der Waals surface area contributed by atoms with E-state index in [4.69, 9.17) is 19.3 Å². The van der Waals surface area contributed by atoms with Crippen molar-refractivity contribution in [1.29, 1.82) is 0 Å². The van der Waals surface area contributed by atoms with Gasteiger partial charge in [-0.2, -0.15) is 0 Å². The Morgan fingerprint density at radius 3 is 1.24 bits per heavy atom. The van der Waals surface area contributed by atoms with Crippen molar-refractivity contribution in [3.05, 3.63) is 109 Å². The molecule has 54 heavy (non-hydrogen) atoms. The van der Waals surface area contributed by atoms with E-state index in [0.29, 0.717) is 19.3 Å². The molecule has 0 spiro atoms. The molecule has 0 amide bonds. The molecule has 8 nitrogen and oxygen atoms in total. The molecule has 9 heteroatoms. The third-order valence-corrected chi connectivity index (χ3v) is 8.26. The second-order valence-electron chi connectivity index (χ2n) is 12.9. The third kappa shape index (κ3) is 41.5. The number of carbonyl (C=O) groups excluding carboxylic acids is 2. The summed E-state index contributed by atoms with van der Waals surface area (Å²) in [6, 6.07) is 0. The second kappa shape index (κ2) is 39.4. The molecule has 0 radical (unpaired) electrons. The highest BCUT2D eigenvalue weighted by Crippen LogP contribution is 2.35. The van der Waals surface area contributed by atoms with Crippen LogP contribution in [0.15, 0.2) is 109 Å². The Bertz CT molecular complexity index is 1230. The van der Waals surface area contributed by atoms with Crippen LogP contribution in [0, 0.1) is 0 Å². The Balaban J connectivity index is 4.20. The molecule has 0 unspecified atom stereocenters. The second-order valence-corrected chi connectivity index (χ2v) is 14.1. The van der Waals surface area contributed by atoms with Crippen molar-refractivity contribution in [2.45, 2.75) is 148 Å². The van der Waals surface area contributed by atoms with Crippen molar-refractivity contribution in [2.24, 2.45) is 0 Å². The number of hydrogen-bond donors (Lipinski definition) is 2. The fourth-order valence-electron chi connectivity index (χ4n) is 4.76. The van der Waals surface area contributed by atoms with E-state index in [-0.39, 0.29) is 19.4 Å². The number of rotatable bonds is 35. The molecule has 0 aliphatic rings. The Kier molecular flexibility index (Phi) is 37.0. The van der Waals surface area contributed by atoms with E-state index in [1.165, 1.54) is 44.9 Å². The number of unbranched alkanes of at least 4 members (excludes halogenated alkanes) is 7. The van der Waals surface area contributed by atoms with E-state index < -0.39 is 32.5 Å². The van der Waals surface area contributed by atoms with Crippen LogP contribution in [-0.2, 0) is 28.2 Å². The lowest BCUT2D eigenvalue weighted by molar-refractivity contribution is -0.161. The van der Waals surface area contributed by atoms with E-state index in [1.54, 1.807) is 0 Å². The zero-order valence-corrected chi connectivity index (χ0v) is 34.2. The van der Waals surface area contributed by atoms with Gasteiger partial charge in [-0.3, -0.25) is 14.1 Å². The first-order valence-electron chi connectivity index (χ1n) is 20.2. The van der Waals surface area contributed by atoms with Gasteiger partial charge >= 0.3 is 19.8 Å². The molecule has 0 bridgehead atoms. The Morgan fingerprint density at radius 1 is 0.481 bits per heavy atom. The molecule has 0 heterocycles. The molecule has 0 fully saturated rings. The van der Waals surface area contributed by atoms with E-state index in [9.17, 15) is 14.2 Å². The first-order chi connectivity index (χ1) is 26.3. The van der Waals surface area contributed by atoms with Gasteiger partial charge in [0.25, 0.3) is 0 Å². The van der Waals surface area contributed by atoms with Gasteiger partial charge in [0, 0.05) is 12.8 Å². The lowest BCUT2D eigenvalue weighted by Crippen LogP contribution is -2.29. The quantitative estimate of drug-likeness (QED) is 0.0283. The van der Waals surface area contributed by atoms with E-state index in [1.807, 2.05) is 24.3 Å². The Labute approximate surface area is 327 Å². The highest BCUT2D eigenvalue weighted by Gasteiger charge is 2.22. The smallest absolute Gasteiger partial charge is 0.462 e. The number of hydrogen-bond acceptors (Lipinski definition) is 6. The van der Waals surface area contributed by atoms with Crippen molar-refractivity contribution in [1.82, 2.24) is 0 Å². The maximum Gasteiger partial charge on any atom is 0.469 e. The number of ether oxygens (including phenoxy) is 2. The lowest BCUT2D eigenvalue weighted by atomic mass is 10.2. The summed E-state index contributed by atoms with van der Waals surface area (Å²) in [7, 11) is -4.79. The fourth-order valence-corrected chi connectivity index (χ4v) is 5.12. The van der Waals surface area contributed by atoms with E-state index in [0.717, 1.165) is 51.4 Å². The minimum Gasteiger partial charge on any atom is -0.462 e. The summed E-state index contributed by atoms with van der Waals surface area (Å²) in [5.74, 6) is -1.06. The number of esters is 2. The van der Waals surface area contributed by atoms with E-state index >= 15 is 0 Å². The monoisotopic (exact) mass is 770 g/mol. The van der Waals surface area contributed by atoms with Gasteiger partial charge in [-0.25, -0.2) is 4.57 Å². The topological polar surface area (TPSA) is 119 Å². The van der Waals surface area contributed by atoms with Crippen LogP contribution in [0.1, 0.15) is 142 Å². The molecule has 2 N–H and O–H groups in total. The summed E-state index contributed by atoms with van der Waals surface area (Å²) in [6.45, 7) is 3.50. The van der Waals surface area contributed by atoms with Gasteiger partial charge in [0.15, 0.2) is 6.10 Å². The fraction of sp³-hybridized carbons (Fsp3) is 0.556. The summed E-state index contributed by atoms with van der Waals surface area (Å²) >= 11 is 0. The summed E-state index contributed by atoms with van der Waals surface area (Å²) in [5, 5.41) is 0. The Hall–Kier alpha value is -3.29. The van der Waals surface area contributed by atoms with Gasteiger partial charge in [-0.1, -0.05) is 149 Å². The summed E-state index contributed by atoms with van der Waals surface area (Å²) in [6.07, 6.45) is 55.4. The molecule has 0 saturated carbocycles. The molecule has 0 aliphatic carbocycles. The molecule has 0 aromatic heterocycles. The number of allylic oxidation sites excluding steroid dienone is 18. The van der Waals surface area contributed by atoms with Crippen molar-refractivity contribution in [3.63, 3.8) is 0 Å². The maximum atomic E-state index is 12.4. The molecule has 1 atom stereocenters. The van der Waals surface area contributed by atoms with Crippen molar-refractivity contribution < 1.29 is 37.9 Å². The summed E-state index contributed by atoms with van der Waals surface area (Å²) in [5.41, 5.74) is 0. The number of carbonyl (C=O) groups is 2. The first kappa shape index (κ1) is 50.7. The average Bonchev–Trinajstić information content (AvgIpc) is 3.14. The highest BCUT2D eigenvalue weighted by atomic mass is 31.2. The van der Waals surface area contributed by atoms with Crippen LogP contribution >= 0.6 is 7.82 Å². The molecule has 0 aromatic rings. The molecule has 0 rings (SSSR count). The van der Waals surface area contributed by atoms with Gasteiger partial charge in [0.2, 0.25) is 0 Å². The van der Waals surface area contributed by atoms with Gasteiger partial charge in [-0.15, -0.1) is 0 Å². The lowest BCUT2D eigenvalue weighted by Gasteiger charge is -2.18. The zero-order chi connectivity index (χ0) is 39.6.